The molecule has 0 aliphatic rings. The topological polar surface area (TPSA) is 29.5 Å². The molecule has 18 aromatic rings. The van der Waals surface area contributed by atoms with Crippen LogP contribution in [-0.2, 0) is 19.0 Å². The van der Waals surface area contributed by atoms with E-state index in [4.69, 9.17) is 184 Å². The number of hydrogen-bond donors (Lipinski definition) is 1. The Balaban J connectivity index is 0.000000167. The fraction of sp³-hybridized carbons (Fsp3) is 0.0442. The van der Waals surface area contributed by atoms with Gasteiger partial charge in [0.2, 0.25) is 10.7 Å². The van der Waals surface area contributed by atoms with Gasteiger partial charge in [-0.05, 0) is 322 Å². The van der Waals surface area contributed by atoms with Gasteiger partial charge < -0.3 is 9.84 Å². The van der Waals surface area contributed by atoms with E-state index in [1.807, 2.05) is 219 Å². The predicted octanol–water partition coefficient (Wildman–Crippen LogP) is 9.98. The Morgan fingerprint density at radius 2 is 0.421 bits per heavy atom. The molecule has 0 spiro atoms. The first-order valence-electron chi connectivity index (χ1n) is 42.3. The minimum absolute atomic E-state index is 0.0427. The highest BCUT2D eigenvalue weighted by atomic mass is 127. The number of rotatable bonds is 20. The van der Waals surface area contributed by atoms with Crippen molar-refractivity contribution in [2.45, 2.75) is 25.9 Å². The Bertz CT molecular complexity index is 6800. The zero-order valence-corrected chi connectivity index (χ0v) is 106. The molecule has 0 amide bonds. The molecule has 0 atom stereocenters. The van der Waals surface area contributed by atoms with E-state index < -0.39 is 65.9 Å². The molecule has 0 aliphatic heterocycles. The smallest absolute Gasteiger partial charge is 0.416 e. The summed E-state index contributed by atoms with van der Waals surface area (Å²) in [6.45, 7) is 2.13. The van der Waals surface area contributed by atoms with Crippen molar-refractivity contribution in [2.75, 3.05) is 7.11 Å². The van der Waals surface area contributed by atoms with Gasteiger partial charge >= 0.3 is 203 Å². The number of halogens is 30. The molecule has 0 aromatic heterocycles. The first kappa shape index (κ1) is 123. The summed E-state index contributed by atoms with van der Waals surface area (Å²) in [5, 5.41) is 19.1. The number of aliphatic hydroxyl groups is 1. The highest BCUT2D eigenvalue weighted by Crippen LogP contribution is 2.31. The molecular formula is C113H79Cl15F6I9O2+9. The maximum atomic E-state index is 12.4. The summed E-state index contributed by atoms with van der Waals surface area (Å²) in [4.78, 5) is 0. The molecule has 0 heterocycles. The fourth-order valence-electron chi connectivity index (χ4n) is 11.0. The van der Waals surface area contributed by atoms with Crippen molar-refractivity contribution in [2.24, 2.45) is 0 Å². The lowest BCUT2D eigenvalue weighted by Crippen LogP contribution is -3.61. The standard InChI is InChI=1S/C14H11F3I.C14H14IO2.C13H9F3I.2C12H6Cl4I.3C12H8Cl2I.C12H9ClI/c1-10-2-6-12(7-3-10)18-13-8-4-11(5-9-13)14(15,16)17;1-17-14-8-6-13(7-9-14)15-12-4-2-11(10-16)3-5-12;14-13(15,16)10-6-8-12(9-7-10)17-11-4-2-1-3-5-11;13-7-1-3-11(9(15)5-7)17-12-4-2-8(14)6-10(12)16;13-9-3-1-7(5-11(9)15)17-8-2-4-10(14)12(16)6-8;13-9-1-5-11(6-2-9)15-12-7-3-10(14)4-8-12;13-9-6-7-12(11(14)8-9)15-10-4-2-1-3-5-10;13-11-7-6-10(8-12(11)14)15-9-4-2-1-3-5-9;13-10-6-8-12(9-7-10)14-11-4-2-1-3-5-11/h2-9H,1H3;2-9,16H,10H2,1H3;1-9H;2*1-6H;3*1-8H;1-9H/q9*+1. The van der Waals surface area contributed by atoms with Crippen LogP contribution in [0.2, 0.25) is 75.3 Å². The van der Waals surface area contributed by atoms with Crippen molar-refractivity contribution in [1.29, 1.82) is 0 Å². The monoisotopic (exact) mass is 3250 g/mol. The third-order valence-corrected chi connectivity index (χ3v) is 48.2. The van der Waals surface area contributed by atoms with Gasteiger partial charge in [0.25, 0.3) is 0 Å². The number of benzene rings is 18. The quantitative estimate of drug-likeness (QED) is 0.0468. The van der Waals surface area contributed by atoms with E-state index in [2.05, 4.69) is 146 Å². The van der Waals surface area contributed by atoms with E-state index in [1.165, 1.54) is 55.5 Å². The second-order valence-electron chi connectivity index (χ2n) is 28.9. The molecule has 145 heavy (non-hydrogen) atoms. The summed E-state index contributed by atoms with van der Waals surface area (Å²) < 4.78 is 102. The van der Waals surface area contributed by atoms with E-state index in [0.29, 0.717) is 55.2 Å². The minimum atomic E-state index is -4.25. The maximum absolute atomic E-state index is 12.4. The predicted molar refractivity (Wildman–Crippen MR) is 555 cm³/mol. The van der Waals surface area contributed by atoms with Crippen LogP contribution >= 0.6 is 174 Å². The van der Waals surface area contributed by atoms with E-state index >= 15 is 0 Å². The SMILES string of the molecule is COc1ccc([I+]c2ccc(CO)cc2)cc1.Cc1ccc([I+]c2ccc(C(F)(F)F)cc2)cc1.Clc1ccc([I+]c2ccc(Cl)c(Cl)c2)cc1Cl.Clc1ccc([I+]c2ccc(Cl)cc2)cc1.Clc1ccc([I+]c2ccc(Cl)cc2Cl)c(Cl)c1.Clc1ccc([I+]c2ccccc2)c(Cl)c1.Clc1ccc([I+]c2ccccc2)cc1.Clc1ccc([I+]c2ccccc2)cc1Cl.FC(F)(F)c1ccc([I+]c2ccccc2)cc1. The molecule has 744 valence electrons. The lowest BCUT2D eigenvalue weighted by molar-refractivity contribution is -0.597. The van der Waals surface area contributed by atoms with Gasteiger partial charge in [-0.25, -0.2) is 0 Å². The van der Waals surface area contributed by atoms with Crippen LogP contribution in [0.5, 0.6) is 5.75 Å². The van der Waals surface area contributed by atoms with Crippen molar-refractivity contribution in [3.63, 3.8) is 0 Å². The van der Waals surface area contributed by atoms with Crippen molar-refractivity contribution in [1.82, 2.24) is 0 Å². The fourth-order valence-corrected chi connectivity index (χ4v) is 34.8. The van der Waals surface area contributed by atoms with Crippen molar-refractivity contribution in [3.05, 3.63) is 587 Å². The molecule has 18 aromatic carbocycles. The third kappa shape index (κ3) is 47.2. The van der Waals surface area contributed by atoms with Crippen LogP contribution in [0, 0.1) is 71.2 Å². The van der Waals surface area contributed by atoms with Crippen LogP contribution in [0.15, 0.2) is 425 Å². The van der Waals surface area contributed by atoms with E-state index in [-0.39, 0.29) is 155 Å². The third-order valence-electron chi connectivity index (χ3n) is 18.1. The van der Waals surface area contributed by atoms with Crippen LogP contribution in [-0.4, -0.2) is 12.2 Å². The molecule has 0 saturated carbocycles. The minimum Gasteiger partial charge on any atom is -0.497 e. The van der Waals surface area contributed by atoms with Gasteiger partial charge in [-0.2, -0.15) is 26.3 Å². The van der Waals surface area contributed by atoms with E-state index in [1.54, 1.807) is 49.6 Å². The maximum Gasteiger partial charge on any atom is 0.416 e. The summed E-state index contributed by atoms with van der Waals surface area (Å²) in [5.41, 5.74) is 0.986. The summed E-state index contributed by atoms with van der Waals surface area (Å²) in [7, 11) is 1.68. The Labute approximate surface area is 1010 Å². The van der Waals surface area contributed by atoms with E-state index in [0.717, 1.165) is 69.9 Å². The van der Waals surface area contributed by atoms with Gasteiger partial charge in [0, 0.05) is 48.3 Å². The number of hydrogen-bond acceptors (Lipinski definition) is 2. The average molecular weight is 3260 g/mol. The zero-order chi connectivity index (χ0) is 104. The molecule has 1 N–H and O–H groups in total. The van der Waals surface area contributed by atoms with Gasteiger partial charge in [-0.1, -0.05) is 277 Å². The highest BCUT2D eigenvalue weighted by Gasteiger charge is 2.33. The number of aryl methyl sites for hydroxylation is 1. The molecule has 0 bridgehead atoms. The Morgan fingerprint density at radius 1 is 0.207 bits per heavy atom. The molecule has 0 saturated heterocycles. The second kappa shape index (κ2) is 65.8. The summed E-state index contributed by atoms with van der Waals surface area (Å²) in [5.74, 6) is 0.897. The number of ether oxygens (including phenoxy) is 1. The van der Waals surface area contributed by atoms with Gasteiger partial charge in [-0.15, -0.1) is 0 Å². The van der Waals surface area contributed by atoms with Crippen LogP contribution < -0.4 is 196 Å². The summed E-state index contributed by atoms with van der Waals surface area (Å²) >= 11 is 86.8. The van der Waals surface area contributed by atoms with E-state index in [9.17, 15) is 26.3 Å². The molecule has 0 fully saturated rings. The number of alkyl halides is 6. The lowest BCUT2D eigenvalue weighted by atomic mass is 10.2. The number of methoxy groups -OCH3 is 1. The molecule has 0 unspecified atom stereocenters. The molecule has 32 heteroatoms. The van der Waals surface area contributed by atoms with Crippen molar-refractivity contribution < 1.29 is 227 Å². The molecule has 2 nitrogen and oxygen atoms in total. The number of aliphatic hydroxyl groups excluding tert-OH is 1. The Kier molecular flexibility index (Phi) is 55.8. The first-order valence-corrected chi connectivity index (χ1v) is 67.4. The lowest BCUT2D eigenvalue weighted by Gasteiger charge is -2.04. The largest absolute Gasteiger partial charge is 0.497 e. The molecule has 0 radical (unpaired) electrons. The van der Waals surface area contributed by atoms with Gasteiger partial charge in [0.15, 0.2) is 53.6 Å². The van der Waals surface area contributed by atoms with Crippen molar-refractivity contribution >= 4 is 174 Å². The Hall–Kier alpha value is -3.78. The van der Waals surface area contributed by atoms with Gasteiger partial charge in [-0.3, -0.25) is 0 Å². The van der Waals surface area contributed by atoms with Gasteiger partial charge in [0.1, 0.15) is 5.75 Å². The van der Waals surface area contributed by atoms with Crippen LogP contribution in [0.25, 0.3) is 0 Å². The van der Waals surface area contributed by atoms with Crippen LogP contribution in [0.3, 0.4) is 0 Å². The Morgan fingerprint density at radius 3 is 0.676 bits per heavy atom. The summed E-state index contributed by atoms with van der Waals surface area (Å²) in [6, 6.07) is 135. The molecular weight excluding hydrogens is 3180 g/mol. The molecule has 18 rings (SSSR count). The first-order chi connectivity index (χ1) is 69.5. The normalized spacial score (nSPS) is 10.6. The average Bonchev–Trinajstić information content (AvgIpc) is 0.855. The van der Waals surface area contributed by atoms with Crippen LogP contribution in [0.1, 0.15) is 22.3 Å². The second-order valence-corrected chi connectivity index (χ2v) is 62.2. The molecule has 0 aliphatic carbocycles. The highest BCUT2D eigenvalue weighted by molar-refractivity contribution is 6.43. The summed E-state index contributed by atoms with van der Waals surface area (Å²) in [6.07, 6.45) is -8.50. The van der Waals surface area contributed by atoms with Gasteiger partial charge in [0.05, 0.1) is 70.0 Å². The van der Waals surface area contributed by atoms with Crippen molar-refractivity contribution in [3.8, 4) is 5.75 Å². The van der Waals surface area contributed by atoms with Crippen LogP contribution in [0.4, 0.5) is 26.3 Å². The zero-order valence-electron chi connectivity index (χ0n) is 75.3.